The molecule has 0 fully saturated rings. The average molecular weight is 362 g/mol. The first-order chi connectivity index (χ1) is 13.1. The van der Waals surface area contributed by atoms with Crippen LogP contribution in [0.25, 0.3) is 0 Å². The highest BCUT2D eigenvalue weighted by atomic mass is 16.2. The first-order valence-electron chi connectivity index (χ1n) is 8.25. The fourth-order valence-corrected chi connectivity index (χ4v) is 2.29. The van der Waals surface area contributed by atoms with Gasteiger partial charge in [0, 0.05) is 36.9 Å². The van der Waals surface area contributed by atoms with E-state index in [0.717, 1.165) is 5.69 Å². The topological polar surface area (TPSA) is 109 Å². The van der Waals surface area contributed by atoms with Crippen LogP contribution in [0.3, 0.4) is 0 Å². The Morgan fingerprint density at radius 3 is 2.33 bits per heavy atom. The Balaban J connectivity index is 1.59. The lowest BCUT2D eigenvalue weighted by atomic mass is 10.2. The number of rotatable bonds is 6. The number of anilines is 3. The fourth-order valence-electron chi connectivity index (χ4n) is 2.29. The Bertz CT molecular complexity index is 928. The zero-order chi connectivity index (χ0) is 19.1. The molecule has 1 aromatic carbocycles. The van der Waals surface area contributed by atoms with Gasteiger partial charge in [0.25, 0.3) is 5.91 Å². The number of nitrogens with one attached hydrogen (secondary N) is 3. The summed E-state index contributed by atoms with van der Waals surface area (Å²) in [5, 5.41) is 8.46. The number of hydrogen-bond acceptors (Lipinski definition) is 6. The molecule has 2 heterocycles. The summed E-state index contributed by atoms with van der Waals surface area (Å²) in [6, 6.07) is 12.5. The van der Waals surface area contributed by atoms with Gasteiger partial charge >= 0.3 is 0 Å². The molecule has 0 atom stereocenters. The molecule has 8 heteroatoms. The summed E-state index contributed by atoms with van der Waals surface area (Å²) in [7, 11) is 0. The fraction of sp³-hybridized carbons (Fsp3) is 0.105. The molecule has 0 spiro atoms. The van der Waals surface area contributed by atoms with Crippen molar-refractivity contribution < 1.29 is 9.59 Å². The van der Waals surface area contributed by atoms with Crippen molar-refractivity contribution >= 4 is 29.1 Å². The van der Waals surface area contributed by atoms with E-state index in [1.807, 2.05) is 18.2 Å². The van der Waals surface area contributed by atoms with Gasteiger partial charge in [-0.1, -0.05) is 12.1 Å². The van der Waals surface area contributed by atoms with Gasteiger partial charge in [0.1, 0.15) is 0 Å². The summed E-state index contributed by atoms with van der Waals surface area (Å²) in [5.74, 6) is -0.114. The van der Waals surface area contributed by atoms with Crippen molar-refractivity contribution in [3.05, 3.63) is 72.3 Å². The third kappa shape index (κ3) is 5.33. The van der Waals surface area contributed by atoms with E-state index < -0.39 is 0 Å². The number of carbonyl (C=O) groups is 2. The Morgan fingerprint density at radius 2 is 1.67 bits per heavy atom. The predicted octanol–water partition coefficient (Wildman–Crippen LogP) is 2.69. The summed E-state index contributed by atoms with van der Waals surface area (Å²) in [6.45, 7) is 1.91. The molecule has 0 unspecified atom stereocenters. The quantitative estimate of drug-likeness (QED) is 0.622. The maximum atomic E-state index is 12.3. The second-order valence-electron chi connectivity index (χ2n) is 5.69. The van der Waals surface area contributed by atoms with Crippen LogP contribution in [-0.4, -0.2) is 26.8 Å². The lowest BCUT2D eigenvalue weighted by molar-refractivity contribution is -0.114. The van der Waals surface area contributed by atoms with Gasteiger partial charge in [0.2, 0.25) is 11.9 Å². The second-order valence-corrected chi connectivity index (χ2v) is 5.69. The first kappa shape index (κ1) is 18.0. The van der Waals surface area contributed by atoms with Crippen LogP contribution in [0.1, 0.15) is 23.0 Å². The summed E-state index contributed by atoms with van der Waals surface area (Å²) in [6.07, 6.45) is 4.60. The lowest BCUT2D eigenvalue weighted by Gasteiger charge is -2.08. The molecule has 3 aromatic rings. The number of carbonyl (C=O) groups excluding carboxylic acids is 2. The van der Waals surface area contributed by atoms with E-state index in [2.05, 4.69) is 30.9 Å². The van der Waals surface area contributed by atoms with Crippen molar-refractivity contribution in [2.75, 3.05) is 16.0 Å². The van der Waals surface area contributed by atoms with Gasteiger partial charge in [0.15, 0.2) is 0 Å². The molecule has 136 valence electrons. The molecule has 3 N–H and O–H groups in total. The number of benzene rings is 1. The van der Waals surface area contributed by atoms with Gasteiger partial charge in [0.05, 0.1) is 17.8 Å². The Morgan fingerprint density at radius 1 is 0.926 bits per heavy atom. The molecule has 3 rings (SSSR count). The van der Waals surface area contributed by atoms with Crippen LogP contribution >= 0.6 is 0 Å². The summed E-state index contributed by atoms with van der Waals surface area (Å²) in [5.41, 5.74) is 2.35. The van der Waals surface area contributed by atoms with E-state index in [9.17, 15) is 9.59 Å². The van der Waals surface area contributed by atoms with Crippen LogP contribution in [0.15, 0.2) is 61.1 Å². The number of hydrogen-bond donors (Lipinski definition) is 3. The molecule has 0 aliphatic rings. The number of pyridine rings is 1. The predicted molar refractivity (Wildman–Crippen MR) is 102 cm³/mol. The second kappa shape index (κ2) is 8.52. The van der Waals surface area contributed by atoms with E-state index in [-0.39, 0.29) is 11.8 Å². The third-order valence-electron chi connectivity index (χ3n) is 3.51. The minimum absolute atomic E-state index is 0.180. The van der Waals surface area contributed by atoms with Crippen LogP contribution in [-0.2, 0) is 11.3 Å². The van der Waals surface area contributed by atoms with Crippen molar-refractivity contribution in [3.63, 3.8) is 0 Å². The highest BCUT2D eigenvalue weighted by Crippen LogP contribution is 2.16. The number of aromatic nitrogens is 3. The summed E-state index contributed by atoms with van der Waals surface area (Å²) in [4.78, 5) is 35.9. The molecular weight excluding hydrogens is 344 g/mol. The first-order valence-corrected chi connectivity index (χ1v) is 8.25. The molecular formula is C19H18N6O2. The van der Waals surface area contributed by atoms with E-state index in [4.69, 9.17) is 0 Å². The molecule has 0 radical (unpaired) electrons. The molecule has 0 bridgehead atoms. The summed E-state index contributed by atoms with van der Waals surface area (Å²) >= 11 is 0. The standard InChI is InChI=1S/C19H18N6O2/c1-13(26)24-15-6-4-7-16(9-15)25-18(27)14-10-21-19(22-11-14)23-12-17-5-2-3-8-20-17/h2-11H,12H2,1H3,(H,24,26)(H,25,27)(H,21,22,23). The van der Waals surface area contributed by atoms with Crippen LogP contribution in [0.5, 0.6) is 0 Å². The highest BCUT2D eigenvalue weighted by Gasteiger charge is 2.08. The molecule has 0 saturated heterocycles. The molecule has 8 nitrogen and oxygen atoms in total. The van der Waals surface area contributed by atoms with Crippen LogP contribution in [0.4, 0.5) is 17.3 Å². The maximum absolute atomic E-state index is 12.3. The van der Waals surface area contributed by atoms with Gasteiger partial charge in [-0.05, 0) is 30.3 Å². The third-order valence-corrected chi connectivity index (χ3v) is 3.51. The Kier molecular flexibility index (Phi) is 5.68. The van der Waals surface area contributed by atoms with Crippen LogP contribution in [0.2, 0.25) is 0 Å². The Hall–Kier alpha value is -3.81. The molecule has 27 heavy (non-hydrogen) atoms. The number of nitrogens with zero attached hydrogens (tertiary/aromatic N) is 3. The maximum Gasteiger partial charge on any atom is 0.258 e. The SMILES string of the molecule is CC(=O)Nc1cccc(NC(=O)c2cnc(NCc3ccccn3)nc2)c1. The molecule has 2 aromatic heterocycles. The van der Waals surface area contributed by atoms with Gasteiger partial charge in [-0.25, -0.2) is 9.97 Å². The lowest BCUT2D eigenvalue weighted by Crippen LogP contribution is -2.14. The van der Waals surface area contributed by atoms with Gasteiger partial charge < -0.3 is 16.0 Å². The van der Waals surface area contributed by atoms with Crippen molar-refractivity contribution in [2.24, 2.45) is 0 Å². The van der Waals surface area contributed by atoms with Crippen molar-refractivity contribution in [1.82, 2.24) is 15.0 Å². The molecule has 0 aliphatic carbocycles. The molecule has 0 aliphatic heterocycles. The number of amides is 2. The van der Waals surface area contributed by atoms with Crippen molar-refractivity contribution in [2.45, 2.75) is 13.5 Å². The van der Waals surface area contributed by atoms with Gasteiger partial charge in [-0.2, -0.15) is 0 Å². The van der Waals surface area contributed by atoms with E-state index >= 15 is 0 Å². The minimum Gasteiger partial charge on any atom is -0.349 e. The zero-order valence-electron chi connectivity index (χ0n) is 14.6. The highest BCUT2D eigenvalue weighted by molar-refractivity contribution is 6.04. The van der Waals surface area contributed by atoms with Gasteiger partial charge in [-0.15, -0.1) is 0 Å². The minimum atomic E-state index is -0.341. The van der Waals surface area contributed by atoms with Gasteiger partial charge in [-0.3, -0.25) is 14.6 Å². The van der Waals surface area contributed by atoms with Crippen LogP contribution in [0, 0.1) is 0 Å². The van der Waals surface area contributed by atoms with E-state index in [1.165, 1.54) is 19.3 Å². The average Bonchev–Trinajstić information content (AvgIpc) is 2.67. The van der Waals surface area contributed by atoms with Crippen molar-refractivity contribution in [1.29, 1.82) is 0 Å². The normalized spacial score (nSPS) is 10.1. The Labute approximate surface area is 156 Å². The molecule has 0 saturated carbocycles. The zero-order valence-corrected chi connectivity index (χ0v) is 14.6. The summed E-state index contributed by atoms with van der Waals surface area (Å²) < 4.78 is 0. The van der Waals surface area contributed by atoms with Crippen molar-refractivity contribution in [3.8, 4) is 0 Å². The monoisotopic (exact) mass is 362 g/mol. The largest absolute Gasteiger partial charge is 0.349 e. The van der Waals surface area contributed by atoms with E-state index in [0.29, 0.717) is 29.4 Å². The van der Waals surface area contributed by atoms with Crippen LogP contribution < -0.4 is 16.0 Å². The molecule has 2 amide bonds. The van der Waals surface area contributed by atoms with E-state index in [1.54, 1.807) is 30.5 Å². The smallest absolute Gasteiger partial charge is 0.258 e.